The molecule has 4 N–H and O–H groups in total. The maximum Gasteiger partial charge on any atom is 0.472 e. The summed E-state index contributed by atoms with van der Waals surface area (Å²) in [5.41, 5.74) is 0.658. The molecule has 21 heteroatoms. The number of amides is 1. The minimum Gasteiger partial charge on any atom is -0.457 e. The Labute approximate surface area is 327 Å². The van der Waals surface area contributed by atoms with Crippen LogP contribution in [0.4, 0.5) is 4.79 Å². The number of phosphoric ester groups is 2. The van der Waals surface area contributed by atoms with E-state index in [0.717, 1.165) is 11.1 Å². The van der Waals surface area contributed by atoms with E-state index in [0.29, 0.717) is 28.7 Å². The third-order valence-corrected chi connectivity index (χ3v) is 10.9. The molecule has 1 aromatic carbocycles. The van der Waals surface area contributed by atoms with Crippen LogP contribution in [-0.2, 0) is 71.7 Å². The highest BCUT2D eigenvalue weighted by Gasteiger charge is 2.51. The molecule has 0 saturated heterocycles. The number of aromatic nitrogens is 2. The Morgan fingerprint density at radius 2 is 1.79 bits per heavy atom. The van der Waals surface area contributed by atoms with Gasteiger partial charge in [-0.05, 0) is 76.8 Å². The number of ether oxygens (including phenoxy) is 4. The number of rotatable bonds is 17. The third kappa shape index (κ3) is 9.99. The Morgan fingerprint density at radius 1 is 1.05 bits per heavy atom. The molecule has 312 valence electrons. The van der Waals surface area contributed by atoms with Gasteiger partial charge in [-0.15, -0.1) is 0 Å². The molecule has 2 unspecified atom stereocenters. The number of esters is 2. The molecule has 2 aromatic heterocycles. The lowest BCUT2D eigenvalue weighted by Gasteiger charge is -2.37. The zero-order chi connectivity index (χ0) is 41.9. The van der Waals surface area contributed by atoms with Crippen LogP contribution in [0.3, 0.4) is 0 Å². The van der Waals surface area contributed by atoms with Gasteiger partial charge in [0.05, 0.1) is 54.2 Å². The van der Waals surface area contributed by atoms with Gasteiger partial charge in [0.25, 0.3) is 5.56 Å². The van der Waals surface area contributed by atoms with Gasteiger partial charge in [-0.3, -0.25) is 23.2 Å². The lowest BCUT2D eigenvalue weighted by molar-refractivity contribution is -0.194. The van der Waals surface area contributed by atoms with Gasteiger partial charge >= 0.3 is 33.7 Å². The summed E-state index contributed by atoms with van der Waals surface area (Å²) in [5, 5.41) is 3.30. The Balaban J connectivity index is 1.28. The summed E-state index contributed by atoms with van der Waals surface area (Å²) >= 11 is 0. The summed E-state index contributed by atoms with van der Waals surface area (Å²) in [4.78, 5) is 85.7. The monoisotopic (exact) mass is 839 g/mol. The number of phosphoric acid groups is 2. The van der Waals surface area contributed by atoms with Crippen LogP contribution in [-0.4, -0.2) is 81.3 Å². The first-order chi connectivity index (χ1) is 26.7. The van der Waals surface area contributed by atoms with Crippen LogP contribution in [0.25, 0.3) is 22.3 Å². The van der Waals surface area contributed by atoms with Gasteiger partial charge in [0.1, 0.15) is 18.5 Å². The molecule has 57 heavy (non-hydrogen) atoms. The fourth-order valence-electron chi connectivity index (χ4n) is 6.47. The normalized spacial score (nSPS) is 17.9. The van der Waals surface area contributed by atoms with E-state index in [2.05, 4.69) is 14.4 Å². The highest BCUT2D eigenvalue weighted by Crippen LogP contribution is 2.46. The van der Waals surface area contributed by atoms with Crippen molar-refractivity contribution in [2.45, 2.75) is 85.7 Å². The number of aryl methyl sites for hydroxylation is 1. The van der Waals surface area contributed by atoms with E-state index in [-0.39, 0.29) is 74.8 Å². The molecule has 0 spiro atoms. The second kappa shape index (κ2) is 17.4. The number of benzene rings is 1. The van der Waals surface area contributed by atoms with Crippen LogP contribution < -0.4 is 15.6 Å². The van der Waals surface area contributed by atoms with Crippen molar-refractivity contribution in [3.8, 4) is 17.1 Å². The molecule has 0 radical (unpaired) electrons. The zero-order valence-corrected chi connectivity index (χ0v) is 34.2. The van der Waals surface area contributed by atoms with E-state index in [9.17, 15) is 33.2 Å². The number of hydrogen-bond donors (Lipinski definition) is 4. The molecule has 5 rings (SSSR count). The molecule has 0 saturated carbocycles. The van der Waals surface area contributed by atoms with Gasteiger partial charge in [0.15, 0.2) is 0 Å². The quantitative estimate of drug-likeness (QED) is 0.0654. The van der Waals surface area contributed by atoms with Gasteiger partial charge in [0.2, 0.25) is 5.60 Å². The SMILES string of the molecule is CCOP(=O)(O)OC(COCCCNC(=O)Oc1ccc2nc3c(c(CC)c2c1)Cn1c-3cc2c(c1=O)COC(=O)[C@@]2(CC)OC(=O)C(C)(C)C)COP(=O)(O)O. The first-order valence-corrected chi connectivity index (χ1v) is 21.3. The summed E-state index contributed by atoms with van der Waals surface area (Å²) in [5.74, 6) is -1.13. The lowest BCUT2D eigenvalue weighted by atomic mass is 9.84. The predicted octanol–water partition coefficient (Wildman–Crippen LogP) is 4.37. The van der Waals surface area contributed by atoms with Crippen LogP contribution in [0.5, 0.6) is 5.75 Å². The van der Waals surface area contributed by atoms with Crippen LogP contribution >= 0.6 is 15.6 Å². The molecule has 4 heterocycles. The van der Waals surface area contributed by atoms with E-state index < -0.39 is 57.4 Å². The van der Waals surface area contributed by atoms with Crippen molar-refractivity contribution in [2.24, 2.45) is 5.41 Å². The van der Waals surface area contributed by atoms with E-state index in [4.69, 9.17) is 38.2 Å². The number of cyclic esters (lactones) is 1. The van der Waals surface area contributed by atoms with Gasteiger partial charge < -0.3 is 43.5 Å². The standard InChI is InChI=1S/C36H47N3O16P2/c1-7-23-24-15-21(53-34(43)37-13-10-14-49-18-22(19-52-56(44,45)46)55-57(47,48)51-9-3)11-12-28(24)38-30-25(23)17-39-29(30)16-27-26(31(39)40)20-50-33(42)36(27,8-2)54-32(41)35(4,5)6/h11-12,15-16,22H,7-10,13-14,17-20H2,1-6H3,(H,37,43)(H,47,48)(H2,44,45,46)/t22?,36-/m0/s1. The molecule has 2 aliphatic heterocycles. The number of carbonyl (C=O) groups excluding carboxylic acids is 3. The maximum absolute atomic E-state index is 14.0. The summed E-state index contributed by atoms with van der Waals surface area (Å²) in [6.07, 6.45) is -1.25. The second-order valence-electron chi connectivity index (χ2n) is 14.3. The van der Waals surface area contributed by atoms with Crippen molar-refractivity contribution < 1.29 is 70.7 Å². The van der Waals surface area contributed by atoms with Crippen LogP contribution in [0.1, 0.15) is 76.6 Å². The third-order valence-electron chi connectivity index (χ3n) is 9.23. The molecule has 0 fully saturated rings. The van der Waals surface area contributed by atoms with Crippen LogP contribution in [0.2, 0.25) is 0 Å². The average molecular weight is 840 g/mol. The Bertz CT molecular complexity index is 2200. The number of hydrogen-bond acceptors (Lipinski definition) is 14. The van der Waals surface area contributed by atoms with Crippen molar-refractivity contribution in [3.63, 3.8) is 0 Å². The number of nitrogens with one attached hydrogen (secondary N) is 1. The first-order valence-electron chi connectivity index (χ1n) is 18.3. The summed E-state index contributed by atoms with van der Waals surface area (Å²) < 4.78 is 60.8. The smallest absolute Gasteiger partial charge is 0.457 e. The van der Waals surface area contributed by atoms with Gasteiger partial charge in [0, 0.05) is 29.7 Å². The van der Waals surface area contributed by atoms with Crippen molar-refractivity contribution in [1.29, 1.82) is 0 Å². The number of carbonyl (C=O) groups is 3. The molecule has 2 aliphatic rings. The Morgan fingerprint density at radius 3 is 2.44 bits per heavy atom. The Hall–Kier alpha value is -4.03. The van der Waals surface area contributed by atoms with Crippen molar-refractivity contribution in [2.75, 3.05) is 33.0 Å². The van der Waals surface area contributed by atoms with Gasteiger partial charge in [-0.1, -0.05) is 13.8 Å². The topological polar surface area (TPSA) is 258 Å². The molecule has 0 aliphatic carbocycles. The molecule has 0 bridgehead atoms. The summed E-state index contributed by atoms with van der Waals surface area (Å²) in [7, 11) is -9.43. The van der Waals surface area contributed by atoms with Gasteiger partial charge in [-0.25, -0.2) is 23.7 Å². The largest absolute Gasteiger partial charge is 0.472 e. The number of pyridine rings is 2. The highest BCUT2D eigenvalue weighted by molar-refractivity contribution is 7.47. The van der Waals surface area contributed by atoms with Crippen LogP contribution in [0.15, 0.2) is 29.1 Å². The van der Waals surface area contributed by atoms with E-state index in [1.807, 2.05) is 6.92 Å². The van der Waals surface area contributed by atoms with E-state index in [1.54, 1.807) is 56.5 Å². The Kier molecular flexibility index (Phi) is 13.5. The second-order valence-corrected chi connectivity index (χ2v) is 16.9. The zero-order valence-electron chi connectivity index (χ0n) is 32.4. The molecule has 3 atom stereocenters. The predicted molar refractivity (Wildman–Crippen MR) is 201 cm³/mol. The van der Waals surface area contributed by atoms with E-state index in [1.165, 1.54) is 6.92 Å². The minimum absolute atomic E-state index is 0.0202. The highest BCUT2D eigenvalue weighted by atomic mass is 31.2. The molecule has 19 nitrogen and oxygen atoms in total. The fraction of sp³-hybridized carbons (Fsp3) is 0.528. The number of fused-ring (bicyclic) bond motifs is 5. The number of nitrogens with zero attached hydrogens (tertiary/aromatic N) is 2. The van der Waals surface area contributed by atoms with Crippen molar-refractivity contribution in [3.05, 3.63) is 56.9 Å². The summed E-state index contributed by atoms with van der Waals surface area (Å²) in [6, 6.07) is 6.65. The maximum atomic E-state index is 14.0. The molecular formula is C36H47N3O16P2. The molecular weight excluding hydrogens is 792 g/mol. The first kappa shape index (κ1) is 44.1. The molecule has 1 amide bonds. The van der Waals surface area contributed by atoms with Crippen molar-refractivity contribution >= 4 is 44.6 Å². The van der Waals surface area contributed by atoms with Gasteiger partial charge in [-0.2, -0.15) is 0 Å². The fourth-order valence-corrected chi connectivity index (χ4v) is 7.72. The van der Waals surface area contributed by atoms with Crippen molar-refractivity contribution in [1.82, 2.24) is 14.9 Å². The van der Waals surface area contributed by atoms with Crippen LogP contribution in [0, 0.1) is 5.41 Å². The summed E-state index contributed by atoms with van der Waals surface area (Å²) in [6.45, 7) is 8.89. The molecule has 3 aromatic rings. The minimum atomic E-state index is -4.90. The lowest BCUT2D eigenvalue weighted by Crippen LogP contribution is -2.48. The van der Waals surface area contributed by atoms with E-state index >= 15 is 0 Å². The average Bonchev–Trinajstić information content (AvgIpc) is 3.49.